The van der Waals surface area contributed by atoms with Gasteiger partial charge in [0.15, 0.2) is 0 Å². The van der Waals surface area contributed by atoms with Gasteiger partial charge in [0.1, 0.15) is 5.82 Å². The molecule has 25 heavy (non-hydrogen) atoms. The number of benzene rings is 2. The summed E-state index contributed by atoms with van der Waals surface area (Å²) in [6.07, 6.45) is -3.49. The maximum absolute atomic E-state index is 12.8. The molecule has 0 unspecified atom stereocenters. The van der Waals surface area contributed by atoms with Crippen molar-refractivity contribution in [3.8, 4) is 16.9 Å². The molecule has 3 nitrogen and oxygen atoms in total. The van der Waals surface area contributed by atoms with Gasteiger partial charge in [-0.3, -0.25) is 0 Å². The van der Waals surface area contributed by atoms with Crippen LogP contribution in [0.15, 0.2) is 48.5 Å². The highest BCUT2D eigenvalue weighted by Crippen LogP contribution is 2.36. The molecule has 1 aliphatic heterocycles. The zero-order valence-corrected chi connectivity index (χ0v) is 13.6. The first kappa shape index (κ1) is 15.7. The molecule has 0 saturated carbocycles. The van der Waals surface area contributed by atoms with Crippen LogP contribution in [0.5, 0.6) is 0 Å². The zero-order valence-electron chi connectivity index (χ0n) is 13.6. The van der Waals surface area contributed by atoms with Crippen molar-refractivity contribution >= 4 is 5.82 Å². The molecule has 2 aromatic carbocycles. The van der Waals surface area contributed by atoms with Gasteiger partial charge in [-0.15, -0.1) is 0 Å². The van der Waals surface area contributed by atoms with Gasteiger partial charge in [-0.2, -0.15) is 18.3 Å². The predicted octanol–water partition coefficient (Wildman–Crippen LogP) is 4.83. The maximum Gasteiger partial charge on any atom is 0.416 e. The summed E-state index contributed by atoms with van der Waals surface area (Å²) in [5.41, 5.74) is 4.11. The number of alkyl halides is 3. The Morgan fingerprint density at radius 3 is 2.44 bits per heavy atom. The minimum atomic E-state index is -4.34. The van der Waals surface area contributed by atoms with E-state index >= 15 is 0 Å². The summed E-state index contributed by atoms with van der Waals surface area (Å²) < 4.78 is 40.0. The number of hydrogen-bond donors (Lipinski definition) is 1. The summed E-state index contributed by atoms with van der Waals surface area (Å²) in [6, 6.07) is 13.1. The fourth-order valence-corrected chi connectivity index (χ4v) is 3.21. The van der Waals surface area contributed by atoms with Gasteiger partial charge < -0.3 is 5.32 Å². The Kier molecular flexibility index (Phi) is 3.56. The Bertz CT molecular complexity index is 924. The van der Waals surface area contributed by atoms with E-state index in [2.05, 4.69) is 5.32 Å². The van der Waals surface area contributed by atoms with Crippen LogP contribution in [0.2, 0.25) is 0 Å². The molecule has 0 aliphatic carbocycles. The van der Waals surface area contributed by atoms with Gasteiger partial charge in [-0.1, -0.05) is 24.3 Å². The lowest BCUT2D eigenvalue weighted by molar-refractivity contribution is -0.137. The molecule has 2 heterocycles. The molecule has 0 radical (unpaired) electrons. The Morgan fingerprint density at radius 1 is 1.04 bits per heavy atom. The number of halogens is 3. The molecule has 0 atom stereocenters. The summed E-state index contributed by atoms with van der Waals surface area (Å²) in [7, 11) is 0. The van der Waals surface area contributed by atoms with E-state index in [4.69, 9.17) is 5.10 Å². The molecule has 1 aliphatic rings. The molecule has 4 rings (SSSR count). The molecule has 1 N–H and O–H groups in total. The quantitative estimate of drug-likeness (QED) is 0.722. The van der Waals surface area contributed by atoms with Crippen molar-refractivity contribution < 1.29 is 13.2 Å². The van der Waals surface area contributed by atoms with Crippen LogP contribution in [-0.2, 0) is 12.6 Å². The van der Waals surface area contributed by atoms with Gasteiger partial charge in [0, 0.05) is 17.7 Å². The van der Waals surface area contributed by atoms with Gasteiger partial charge in [0.2, 0.25) is 0 Å². The van der Waals surface area contributed by atoms with E-state index in [0.717, 1.165) is 53.3 Å². The normalized spacial score (nSPS) is 13.6. The van der Waals surface area contributed by atoms with E-state index in [0.29, 0.717) is 5.69 Å². The van der Waals surface area contributed by atoms with Crippen LogP contribution in [0, 0.1) is 6.92 Å². The van der Waals surface area contributed by atoms with E-state index < -0.39 is 11.7 Å². The van der Waals surface area contributed by atoms with Crippen LogP contribution in [0.3, 0.4) is 0 Å². The van der Waals surface area contributed by atoms with Gasteiger partial charge in [0.05, 0.1) is 16.9 Å². The first-order valence-corrected chi connectivity index (χ1v) is 8.04. The molecular weight excluding hydrogens is 327 g/mol. The van der Waals surface area contributed by atoms with Crippen LogP contribution < -0.4 is 5.32 Å². The lowest BCUT2D eigenvalue weighted by Crippen LogP contribution is -2.07. The molecule has 6 heteroatoms. The monoisotopic (exact) mass is 343 g/mol. The van der Waals surface area contributed by atoms with Crippen LogP contribution in [0.1, 0.15) is 16.7 Å². The van der Waals surface area contributed by atoms with Crippen molar-refractivity contribution in [3.05, 3.63) is 65.2 Å². The molecule has 0 fully saturated rings. The van der Waals surface area contributed by atoms with E-state index in [1.807, 2.05) is 31.2 Å². The molecule has 128 valence electrons. The number of aromatic nitrogens is 2. The highest BCUT2D eigenvalue weighted by atomic mass is 19.4. The fourth-order valence-electron chi connectivity index (χ4n) is 3.21. The molecule has 0 spiro atoms. The Morgan fingerprint density at radius 2 is 1.76 bits per heavy atom. The fraction of sp³-hybridized carbons (Fsp3) is 0.211. The van der Waals surface area contributed by atoms with Gasteiger partial charge in [0.25, 0.3) is 0 Å². The minimum absolute atomic E-state index is 0.610. The molecular formula is C19H16F3N3. The number of aryl methyl sites for hydroxylation is 1. The van der Waals surface area contributed by atoms with Crippen molar-refractivity contribution in [2.45, 2.75) is 19.5 Å². The second kappa shape index (κ2) is 5.65. The van der Waals surface area contributed by atoms with E-state index in [-0.39, 0.29) is 0 Å². The third kappa shape index (κ3) is 2.67. The average molecular weight is 343 g/mol. The number of nitrogens with zero attached hydrogens (tertiary/aromatic N) is 2. The van der Waals surface area contributed by atoms with Crippen molar-refractivity contribution in [3.63, 3.8) is 0 Å². The van der Waals surface area contributed by atoms with Gasteiger partial charge >= 0.3 is 6.18 Å². The Balaban J connectivity index is 1.82. The number of anilines is 1. The van der Waals surface area contributed by atoms with Gasteiger partial charge in [-0.05, 0) is 43.2 Å². The number of hydrogen-bond acceptors (Lipinski definition) is 2. The molecule has 1 aromatic heterocycles. The predicted molar refractivity (Wildman–Crippen MR) is 90.9 cm³/mol. The minimum Gasteiger partial charge on any atom is -0.369 e. The van der Waals surface area contributed by atoms with E-state index in [9.17, 15) is 13.2 Å². The summed E-state index contributed by atoms with van der Waals surface area (Å²) in [5.74, 6) is 0.859. The summed E-state index contributed by atoms with van der Waals surface area (Å²) >= 11 is 0. The molecule has 0 amide bonds. The first-order chi connectivity index (χ1) is 11.9. The third-order valence-corrected chi connectivity index (χ3v) is 4.49. The number of rotatable bonds is 2. The third-order valence-electron chi connectivity index (χ3n) is 4.49. The molecule has 3 aromatic rings. The second-order valence-corrected chi connectivity index (χ2v) is 6.12. The number of nitrogens with one attached hydrogen (secondary N) is 1. The van der Waals surface area contributed by atoms with Crippen molar-refractivity contribution in [1.82, 2.24) is 9.78 Å². The lowest BCUT2D eigenvalue weighted by atomic mass is 10.0. The Labute approximate surface area is 143 Å². The van der Waals surface area contributed by atoms with Crippen LogP contribution >= 0.6 is 0 Å². The van der Waals surface area contributed by atoms with Crippen LogP contribution in [-0.4, -0.2) is 16.3 Å². The summed E-state index contributed by atoms with van der Waals surface area (Å²) in [4.78, 5) is 0. The van der Waals surface area contributed by atoms with Crippen LogP contribution in [0.25, 0.3) is 16.9 Å². The van der Waals surface area contributed by atoms with E-state index in [1.54, 1.807) is 4.68 Å². The SMILES string of the molecule is Cc1ccccc1-c1nn(-c2ccc(C(F)(F)F)cc2)c2c1CCN2. The highest BCUT2D eigenvalue weighted by Gasteiger charge is 2.30. The second-order valence-electron chi connectivity index (χ2n) is 6.12. The standard InChI is InChI=1S/C19H16F3N3/c1-12-4-2-3-5-15(12)17-16-10-11-23-18(16)25(24-17)14-8-6-13(7-9-14)19(20,21)22/h2-9,23H,10-11H2,1H3. The maximum atomic E-state index is 12.8. The Hall–Kier alpha value is -2.76. The first-order valence-electron chi connectivity index (χ1n) is 8.04. The van der Waals surface area contributed by atoms with Crippen molar-refractivity contribution in [2.24, 2.45) is 0 Å². The summed E-state index contributed by atoms with van der Waals surface area (Å²) in [5, 5.41) is 8.00. The van der Waals surface area contributed by atoms with E-state index in [1.165, 1.54) is 12.1 Å². The van der Waals surface area contributed by atoms with Crippen molar-refractivity contribution in [1.29, 1.82) is 0 Å². The van der Waals surface area contributed by atoms with Crippen molar-refractivity contribution in [2.75, 3.05) is 11.9 Å². The van der Waals surface area contributed by atoms with Crippen LogP contribution in [0.4, 0.5) is 19.0 Å². The molecule has 0 saturated heterocycles. The summed E-state index contributed by atoms with van der Waals surface area (Å²) in [6.45, 7) is 2.83. The smallest absolute Gasteiger partial charge is 0.369 e. The number of fused-ring (bicyclic) bond motifs is 1. The molecule has 0 bridgehead atoms. The largest absolute Gasteiger partial charge is 0.416 e. The highest BCUT2D eigenvalue weighted by molar-refractivity contribution is 5.74. The van der Waals surface area contributed by atoms with Gasteiger partial charge in [-0.25, -0.2) is 4.68 Å². The lowest BCUT2D eigenvalue weighted by Gasteiger charge is -2.09. The zero-order chi connectivity index (χ0) is 17.6. The topological polar surface area (TPSA) is 29.9 Å². The average Bonchev–Trinajstić information content (AvgIpc) is 3.17.